The van der Waals surface area contributed by atoms with Crippen molar-refractivity contribution in [1.29, 1.82) is 0 Å². The second-order valence-electron chi connectivity index (χ2n) is 8.88. The van der Waals surface area contributed by atoms with Crippen LogP contribution in [0, 0.1) is 0 Å². The molecule has 146 valence electrons. The summed E-state index contributed by atoms with van der Waals surface area (Å²) in [5, 5.41) is 13.4. The third-order valence-electron chi connectivity index (χ3n) is 7.34. The Balaban J connectivity index is 1.78. The molecule has 0 amide bonds. The van der Waals surface area contributed by atoms with Crippen LogP contribution in [0.1, 0.15) is 0 Å². The third kappa shape index (κ3) is 1.89. The van der Waals surface area contributed by atoms with Crippen molar-refractivity contribution in [2.75, 3.05) is 0 Å². The van der Waals surface area contributed by atoms with Crippen LogP contribution in [0.5, 0.6) is 0 Å². The largest absolute Gasteiger partial charge is 0.0616 e. The van der Waals surface area contributed by atoms with E-state index in [2.05, 4.69) is 109 Å². The smallest absolute Gasteiger partial charge is 0.000719 e. The maximum Gasteiger partial charge on any atom is -0.000719 e. The predicted molar refractivity (Wildman–Crippen MR) is 138 cm³/mol. The Kier molecular flexibility index (Phi) is 2.97. The van der Waals surface area contributed by atoms with Crippen LogP contribution >= 0.6 is 0 Å². The molecule has 1 aliphatic rings. The first-order valence-electron chi connectivity index (χ1n) is 11.2. The minimum atomic E-state index is 1.30. The summed E-state index contributed by atoms with van der Waals surface area (Å²) in [5.41, 5.74) is 5.52. The van der Waals surface area contributed by atoms with Crippen molar-refractivity contribution in [3.8, 4) is 22.3 Å². The summed E-state index contributed by atoms with van der Waals surface area (Å²) in [6, 6.07) is 40.4. The van der Waals surface area contributed by atoms with Gasteiger partial charge in [-0.05, 0) is 76.1 Å². The van der Waals surface area contributed by atoms with Crippen molar-refractivity contribution in [1.82, 2.24) is 0 Å². The van der Waals surface area contributed by atoms with Gasteiger partial charge in [-0.3, -0.25) is 0 Å². The number of fused-ring (bicyclic) bond motifs is 12. The molecule has 0 heterocycles. The first-order valence-corrected chi connectivity index (χ1v) is 11.2. The van der Waals surface area contributed by atoms with Gasteiger partial charge in [0.25, 0.3) is 0 Å². The molecule has 32 heavy (non-hydrogen) atoms. The lowest BCUT2D eigenvalue weighted by atomic mass is 9.86. The third-order valence-corrected chi connectivity index (χ3v) is 7.34. The molecular weight excluding hydrogens is 384 g/mol. The zero-order valence-corrected chi connectivity index (χ0v) is 17.4. The van der Waals surface area contributed by atoms with Crippen molar-refractivity contribution in [2.24, 2.45) is 0 Å². The monoisotopic (exact) mass is 402 g/mol. The standard InChI is InChI=1S/C32H18/c1-3-11-22-19(7-1)15-17-24-25-18-16-20-8-2-4-12-23(20)30(25)32-27-14-6-10-21-9-5-13-26(28(21)27)31(32)29(22)24/h1-18H. The lowest BCUT2D eigenvalue weighted by molar-refractivity contribution is 1.76. The van der Waals surface area contributed by atoms with Crippen LogP contribution in [-0.4, -0.2) is 0 Å². The van der Waals surface area contributed by atoms with Crippen molar-refractivity contribution < 1.29 is 0 Å². The quantitative estimate of drug-likeness (QED) is 0.222. The molecule has 0 fully saturated rings. The molecule has 0 N–H and O–H groups in total. The maximum atomic E-state index is 2.33. The van der Waals surface area contributed by atoms with E-state index in [4.69, 9.17) is 0 Å². The summed E-state index contributed by atoms with van der Waals surface area (Å²) in [5.74, 6) is 0. The minimum Gasteiger partial charge on any atom is -0.0616 e. The van der Waals surface area contributed by atoms with E-state index < -0.39 is 0 Å². The highest BCUT2D eigenvalue weighted by Crippen LogP contribution is 2.55. The van der Waals surface area contributed by atoms with Gasteiger partial charge in [-0.1, -0.05) is 109 Å². The van der Waals surface area contributed by atoms with E-state index >= 15 is 0 Å². The fourth-order valence-electron chi connectivity index (χ4n) is 6.08. The highest BCUT2D eigenvalue weighted by atomic mass is 14.3. The van der Waals surface area contributed by atoms with Gasteiger partial charge in [0.15, 0.2) is 0 Å². The van der Waals surface area contributed by atoms with Crippen LogP contribution in [0.2, 0.25) is 0 Å². The normalized spacial score (nSPS) is 12.4. The first-order chi connectivity index (χ1) is 15.9. The van der Waals surface area contributed by atoms with Crippen LogP contribution in [0.3, 0.4) is 0 Å². The summed E-state index contributed by atoms with van der Waals surface area (Å²) in [6.07, 6.45) is 0. The molecule has 0 heteroatoms. The summed E-state index contributed by atoms with van der Waals surface area (Å²) in [7, 11) is 0. The van der Waals surface area contributed by atoms with Gasteiger partial charge < -0.3 is 0 Å². The summed E-state index contributed by atoms with van der Waals surface area (Å²) in [4.78, 5) is 0. The molecule has 7 aromatic carbocycles. The molecule has 0 aliphatic heterocycles. The van der Waals surface area contributed by atoms with E-state index in [1.165, 1.54) is 76.1 Å². The Morgan fingerprint density at radius 3 is 1.28 bits per heavy atom. The molecule has 0 saturated heterocycles. The highest BCUT2D eigenvalue weighted by Gasteiger charge is 2.27. The average Bonchev–Trinajstić information content (AvgIpc) is 3.19. The Morgan fingerprint density at radius 2 is 0.750 bits per heavy atom. The summed E-state index contributed by atoms with van der Waals surface area (Å²) < 4.78 is 0. The Bertz CT molecular complexity index is 1780. The van der Waals surface area contributed by atoms with Crippen LogP contribution in [0.4, 0.5) is 0 Å². The van der Waals surface area contributed by atoms with Gasteiger partial charge in [0.2, 0.25) is 0 Å². The second kappa shape index (κ2) is 5.75. The van der Waals surface area contributed by atoms with E-state index in [0.29, 0.717) is 0 Å². The molecule has 1 aliphatic carbocycles. The Morgan fingerprint density at radius 1 is 0.281 bits per heavy atom. The average molecular weight is 402 g/mol. The fraction of sp³-hybridized carbons (Fsp3) is 0. The maximum absolute atomic E-state index is 2.33. The zero-order valence-electron chi connectivity index (χ0n) is 17.4. The minimum absolute atomic E-state index is 1.30. The summed E-state index contributed by atoms with van der Waals surface area (Å²) >= 11 is 0. The molecule has 8 rings (SSSR count). The van der Waals surface area contributed by atoms with Crippen LogP contribution in [0.15, 0.2) is 109 Å². The molecule has 0 saturated carbocycles. The van der Waals surface area contributed by atoms with E-state index in [1.807, 2.05) is 0 Å². The van der Waals surface area contributed by atoms with Crippen molar-refractivity contribution in [3.05, 3.63) is 109 Å². The van der Waals surface area contributed by atoms with Gasteiger partial charge in [0, 0.05) is 0 Å². The molecule has 0 bridgehead atoms. The van der Waals surface area contributed by atoms with Gasteiger partial charge in [0.1, 0.15) is 0 Å². The van der Waals surface area contributed by atoms with Crippen molar-refractivity contribution in [3.63, 3.8) is 0 Å². The van der Waals surface area contributed by atoms with Gasteiger partial charge in [0.05, 0.1) is 0 Å². The van der Waals surface area contributed by atoms with Gasteiger partial charge >= 0.3 is 0 Å². The lowest BCUT2D eigenvalue weighted by Gasteiger charge is -2.17. The highest BCUT2D eigenvalue weighted by molar-refractivity contribution is 6.37. The van der Waals surface area contributed by atoms with E-state index in [0.717, 1.165) is 0 Å². The van der Waals surface area contributed by atoms with Crippen LogP contribution < -0.4 is 0 Å². The van der Waals surface area contributed by atoms with Gasteiger partial charge in [-0.15, -0.1) is 0 Å². The van der Waals surface area contributed by atoms with Crippen molar-refractivity contribution >= 4 is 53.9 Å². The number of benzene rings is 7. The molecule has 0 radical (unpaired) electrons. The molecule has 0 spiro atoms. The topological polar surface area (TPSA) is 0 Å². The van der Waals surface area contributed by atoms with Crippen molar-refractivity contribution in [2.45, 2.75) is 0 Å². The molecule has 7 aromatic rings. The van der Waals surface area contributed by atoms with E-state index in [-0.39, 0.29) is 0 Å². The predicted octanol–water partition coefficient (Wildman–Crippen LogP) is 9.10. The summed E-state index contributed by atoms with van der Waals surface area (Å²) in [6.45, 7) is 0. The Labute approximate surface area is 185 Å². The fourth-order valence-corrected chi connectivity index (χ4v) is 6.08. The number of rotatable bonds is 0. The molecular formula is C32H18. The number of hydrogen-bond acceptors (Lipinski definition) is 0. The second-order valence-corrected chi connectivity index (χ2v) is 8.88. The molecule has 0 nitrogen and oxygen atoms in total. The molecule has 0 aromatic heterocycles. The Hall–Kier alpha value is -4.16. The van der Waals surface area contributed by atoms with E-state index in [1.54, 1.807) is 0 Å². The lowest BCUT2D eigenvalue weighted by Crippen LogP contribution is -1.89. The number of hydrogen-bond donors (Lipinski definition) is 0. The van der Waals surface area contributed by atoms with Gasteiger partial charge in [-0.2, -0.15) is 0 Å². The zero-order chi connectivity index (χ0) is 20.8. The SMILES string of the molecule is c1cc2c3c(cccc3c1)-c1c-2c2c3ccccc3ccc2c2ccc3ccccc3c12. The van der Waals surface area contributed by atoms with Crippen LogP contribution in [-0.2, 0) is 0 Å². The van der Waals surface area contributed by atoms with Gasteiger partial charge in [-0.25, -0.2) is 0 Å². The molecule has 0 unspecified atom stereocenters. The van der Waals surface area contributed by atoms with E-state index in [9.17, 15) is 0 Å². The first kappa shape index (κ1) is 16.5. The molecule has 0 atom stereocenters. The van der Waals surface area contributed by atoms with Crippen LogP contribution in [0.25, 0.3) is 76.1 Å².